The number of amides is 1. The fourth-order valence-electron chi connectivity index (χ4n) is 3.00. The Kier molecular flexibility index (Phi) is 5.02. The molecule has 0 saturated carbocycles. The van der Waals surface area contributed by atoms with E-state index in [1.807, 2.05) is 18.2 Å². The standard InChI is InChI=1S/C18H22N4O3/c1-21-17(23)9-8-16(20-21)22-10-4-5-13(12-22)18(24)19-14-6-3-7-15(11-14)25-2/h3,6-9,11,13H,4-5,10,12H2,1-2H3,(H,19,24)/t13-/m1/s1. The van der Waals surface area contributed by atoms with E-state index in [1.165, 1.54) is 10.7 Å². The number of carbonyl (C=O) groups is 1. The zero-order valence-electron chi connectivity index (χ0n) is 14.4. The van der Waals surface area contributed by atoms with Gasteiger partial charge >= 0.3 is 0 Å². The first kappa shape index (κ1) is 17.0. The summed E-state index contributed by atoms with van der Waals surface area (Å²) >= 11 is 0. The van der Waals surface area contributed by atoms with Gasteiger partial charge < -0.3 is 15.0 Å². The predicted molar refractivity (Wildman–Crippen MR) is 96.0 cm³/mol. The average Bonchev–Trinajstić information content (AvgIpc) is 2.64. The fraction of sp³-hybridized carbons (Fsp3) is 0.389. The van der Waals surface area contributed by atoms with Gasteiger partial charge in [-0.05, 0) is 31.0 Å². The number of aromatic nitrogens is 2. The summed E-state index contributed by atoms with van der Waals surface area (Å²) in [5, 5.41) is 7.24. The number of hydrogen-bond donors (Lipinski definition) is 1. The molecule has 1 aromatic carbocycles. The highest BCUT2D eigenvalue weighted by Crippen LogP contribution is 2.23. The number of benzene rings is 1. The Bertz CT molecular complexity index is 818. The topological polar surface area (TPSA) is 76.5 Å². The lowest BCUT2D eigenvalue weighted by Gasteiger charge is -2.32. The van der Waals surface area contributed by atoms with E-state index in [2.05, 4.69) is 15.3 Å². The maximum Gasteiger partial charge on any atom is 0.266 e. The number of rotatable bonds is 4. The predicted octanol–water partition coefficient (Wildman–Crippen LogP) is 1.64. The van der Waals surface area contributed by atoms with Crippen LogP contribution in [0, 0.1) is 5.92 Å². The second kappa shape index (κ2) is 7.38. The first-order chi connectivity index (χ1) is 12.1. The SMILES string of the molecule is COc1cccc(NC(=O)[C@@H]2CCCN(c3ccc(=O)n(C)n3)C2)c1. The summed E-state index contributed by atoms with van der Waals surface area (Å²) in [6.45, 7) is 1.41. The van der Waals surface area contributed by atoms with Gasteiger partial charge in [0.05, 0.1) is 13.0 Å². The zero-order chi connectivity index (χ0) is 17.8. The van der Waals surface area contributed by atoms with Crippen molar-refractivity contribution in [1.29, 1.82) is 0 Å². The number of anilines is 2. The van der Waals surface area contributed by atoms with Crippen molar-refractivity contribution in [3.05, 3.63) is 46.8 Å². The molecule has 1 amide bonds. The van der Waals surface area contributed by atoms with Crippen LogP contribution >= 0.6 is 0 Å². The number of ether oxygens (including phenoxy) is 1. The quantitative estimate of drug-likeness (QED) is 0.914. The Morgan fingerprint density at radius 1 is 1.32 bits per heavy atom. The lowest BCUT2D eigenvalue weighted by Crippen LogP contribution is -2.41. The first-order valence-corrected chi connectivity index (χ1v) is 8.31. The molecule has 132 valence electrons. The highest BCUT2D eigenvalue weighted by atomic mass is 16.5. The highest BCUT2D eigenvalue weighted by molar-refractivity contribution is 5.93. The van der Waals surface area contributed by atoms with E-state index in [4.69, 9.17) is 4.74 Å². The third-order valence-electron chi connectivity index (χ3n) is 4.40. The number of nitrogens with zero attached hydrogens (tertiary/aromatic N) is 3. The van der Waals surface area contributed by atoms with E-state index in [-0.39, 0.29) is 17.4 Å². The Balaban J connectivity index is 1.68. The van der Waals surface area contributed by atoms with Crippen LogP contribution in [0.15, 0.2) is 41.2 Å². The van der Waals surface area contributed by atoms with E-state index in [0.29, 0.717) is 12.3 Å². The van der Waals surface area contributed by atoms with Gasteiger partial charge in [-0.15, -0.1) is 0 Å². The van der Waals surface area contributed by atoms with Crippen molar-refractivity contribution in [1.82, 2.24) is 9.78 Å². The smallest absolute Gasteiger partial charge is 0.266 e. The maximum absolute atomic E-state index is 12.6. The van der Waals surface area contributed by atoms with Gasteiger partial charge in [0.2, 0.25) is 5.91 Å². The van der Waals surface area contributed by atoms with Gasteiger partial charge in [-0.2, -0.15) is 5.10 Å². The number of methoxy groups -OCH3 is 1. The van der Waals surface area contributed by atoms with E-state index in [0.717, 1.165) is 30.9 Å². The van der Waals surface area contributed by atoms with Crippen LogP contribution in [0.2, 0.25) is 0 Å². The lowest BCUT2D eigenvalue weighted by atomic mass is 9.97. The van der Waals surface area contributed by atoms with Crippen molar-refractivity contribution in [3.63, 3.8) is 0 Å². The highest BCUT2D eigenvalue weighted by Gasteiger charge is 2.27. The van der Waals surface area contributed by atoms with Crippen LogP contribution < -0.4 is 20.5 Å². The Morgan fingerprint density at radius 2 is 2.16 bits per heavy atom. The van der Waals surface area contributed by atoms with Crippen LogP contribution in [0.5, 0.6) is 5.75 Å². The van der Waals surface area contributed by atoms with Crippen LogP contribution in [0.3, 0.4) is 0 Å². The molecule has 0 radical (unpaired) electrons. The molecule has 0 aliphatic carbocycles. The molecule has 1 aliphatic rings. The maximum atomic E-state index is 12.6. The summed E-state index contributed by atoms with van der Waals surface area (Å²) < 4.78 is 6.50. The van der Waals surface area contributed by atoms with Crippen molar-refractivity contribution in [2.24, 2.45) is 13.0 Å². The largest absolute Gasteiger partial charge is 0.497 e. The molecule has 1 atom stereocenters. The summed E-state index contributed by atoms with van der Waals surface area (Å²) in [5.74, 6) is 1.29. The minimum absolute atomic E-state index is 0.0113. The van der Waals surface area contributed by atoms with Gasteiger partial charge in [-0.3, -0.25) is 9.59 Å². The van der Waals surface area contributed by atoms with Gasteiger partial charge in [-0.1, -0.05) is 6.07 Å². The molecule has 3 rings (SSSR count). The molecular formula is C18H22N4O3. The lowest BCUT2D eigenvalue weighted by molar-refractivity contribution is -0.120. The van der Waals surface area contributed by atoms with Crippen LogP contribution in [-0.4, -0.2) is 35.9 Å². The van der Waals surface area contributed by atoms with Gasteiger partial charge in [-0.25, -0.2) is 4.68 Å². The van der Waals surface area contributed by atoms with Crippen LogP contribution in [-0.2, 0) is 11.8 Å². The second-order valence-electron chi connectivity index (χ2n) is 6.16. The molecule has 1 aliphatic heterocycles. The van der Waals surface area contributed by atoms with Crippen molar-refractivity contribution < 1.29 is 9.53 Å². The third-order valence-corrected chi connectivity index (χ3v) is 4.40. The van der Waals surface area contributed by atoms with Gasteiger partial charge in [0.25, 0.3) is 5.56 Å². The van der Waals surface area contributed by atoms with Crippen molar-refractivity contribution in [2.75, 3.05) is 30.4 Å². The minimum Gasteiger partial charge on any atom is -0.497 e. The molecule has 2 aromatic rings. The Morgan fingerprint density at radius 3 is 2.92 bits per heavy atom. The van der Waals surface area contributed by atoms with Crippen LogP contribution in [0.25, 0.3) is 0 Å². The zero-order valence-corrected chi connectivity index (χ0v) is 14.4. The van der Waals surface area contributed by atoms with Crippen molar-refractivity contribution >= 4 is 17.4 Å². The number of aryl methyl sites for hydroxylation is 1. The van der Waals surface area contributed by atoms with Crippen LogP contribution in [0.4, 0.5) is 11.5 Å². The molecule has 1 N–H and O–H groups in total. The normalized spacial score (nSPS) is 17.2. The molecule has 25 heavy (non-hydrogen) atoms. The van der Waals surface area contributed by atoms with E-state index in [1.54, 1.807) is 26.3 Å². The third kappa shape index (κ3) is 3.99. The van der Waals surface area contributed by atoms with Gasteiger partial charge in [0, 0.05) is 38.0 Å². The van der Waals surface area contributed by atoms with E-state index < -0.39 is 0 Å². The first-order valence-electron chi connectivity index (χ1n) is 8.31. The van der Waals surface area contributed by atoms with Crippen molar-refractivity contribution in [2.45, 2.75) is 12.8 Å². The second-order valence-corrected chi connectivity index (χ2v) is 6.16. The van der Waals surface area contributed by atoms with Gasteiger partial charge in [0.1, 0.15) is 11.6 Å². The molecule has 1 saturated heterocycles. The van der Waals surface area contributed by atoms with Crippen molar-refractivity contribution in [3.8, 4) is 5.75 Å². The number of piperidine rings is 1. The number of carbonyl (C=O) groups excluding carboxylic acids is 1. The van der Waals surface area contributed by atoms with E-state index in [9.17, 15) is 9.59 Å². The summed E-state index contributed by atoms with van der Waals surface area (Å²) in [6, 6.07) is 10.5. The monoisotopic (exact) mass is 342 g/mol. The Hall–Kier alpha value is -2.83. The summed E-state index contributed by atoms with van der Waals surface area (Å²) in [7, 11) is 3.23. The molecule has 0 spiro atoms. The minimum atomic E-state index is -0.145. The van der Waals surface area contributed by atoms with Crippen LogP contribution in [0.1, 0.15) is 12.8 Å². The molecular weight excluding hydrogens is 320 g/mol. The number of hydrogen-bond acceptors (Lipinski definition) is 5. The molecule has 0 bridgehead atoms. The van der Waals surface area contributed by atoms with E-state index >= 15 is 0 Å². The average molecular weight is 342 g/mol. The number of nitrogens with one attached hydrogen (secondary N) is 1. The molecule has 1 fully saturated rings. The molecule has 0 unspecified atom stereocenters. The summed E-state index contributed by atoms with van der Waals surface area (Å²) in [5.41, 5.74) is 0.579. The Labute approximate surface area is 146 Å². The summed E-state index contributed by atoms with van der Waals surface area (Å²) in [4.78, 5) is 26.2. The fourth-order valence-corrected chi connectivity index (χ4v) is 3.00. The van der Waals surface area contributed by atoms with Gasteiger partial charge in [0.15, 0.2) is 0 Å². The summed E-state index contributed by atoms with van der Waals surface area (Å²) in [6.07, 6.45) is 1.73. The molecule has 2 heterocycles. The molecule has 1 aromatic heterocycles. The molecule has 7 nitrogen and oxygen atoms in total. The molecule has 7 heteroatoms.